The second-order valence-electron chi connectivity index (χ2n) is 10.5. The van der Waals surface area contributed by atoms with Crippen LogP contribution in [-0.2, 0) is 12.1 Å². The van der Waals surface area contributed by atoms with E-state index in [9.17, 15) is 9.90 Å². The molecule has 0 unspecified atom stereocenters. The summed E-state index contributed by atoms with van der Waals surface area (Å²) in [6.07, 6.45) is 2.35. The molecule has 0 saturated carbocycles. The van der Waals surface area contributed by atoms with Crippen molar-refractivity contribution in [1.29, 1.82) is 0 Å². The van der Waals surface area contributed by atoms with Gasteiger partial charge in [0, 0.05) is 44.7 Å². The van der Waals surface area contributed by atoms with Crippen LogP contribution in [0, 0.1) is 13.8 Å². The number of amides is 1. The summed E-state index contributed by atoms with van der Waals surface area (Å²) >= 11 is 0. The number of aliphatic hydroxyl groups is 1. The van der Waals surface area contributed by atoms with Crippen molar-refractivity contribution in [1.82, 2.24) is 14.7 Å². The first-order valence-corrected chi connectivity index (χ1v) is 12.8. The molecule has 0 atom stereocenters. The average Bonchev–Trinajstić information content (AvgIpc) is 3.16. The molecule has 6 heteroatoms. The Morgan fingerprint density at radius 2 is 1.77 bits per heavy atom. The Kier molecular flexibility index (Phi) is 6.71. The number of likely N-dealkylation sites (tertiary alicyclic amines) is 1. The van der Waals surface area contributed by atoms with E-state index < -0.39 is 5.60 Å². The van der Waals surface area contributed by atoms with E-state index in [1.54, 1.807) is 0 Å². The van der Waals surface area contributed by atoms with Crippen molar-refractivity contribution >= 4 is 16.9 Å². The number of rotatable bonds is 4. The molecule has 0 aliphatic carbocycles. The van der Waals surface area contributed by atoms with Crippen LogP contribution in [0.3, 0.4) is 0 Å². The second-order valence-corrected chi connectivity index (χ2v) is 10.5. The number of carbonyl (C=O) groups is 1. The number of furan rings is 1. The predicted molar refractivity (Wildman–Crippen MR) is 139 cm³/mol. The minimum atomic E-state index is -0.858. The fourth-order valence-electron chi connectivity index (χ4n) is 5.42. The highest BCUT2D eigenvalue weighted by Crippen LogP contribution is 2.35. The standard InChI is InChI=1S/C29H37N3O3/c1-21-5-6-22(2)24(17-21)20-31-13-9-29(34,10-14-31)25-7-8-26-23(18-25)19-27(35-26)28(33)32-12-4-11-30(3)15-16-32/h5-8,17-19,34H,4,9-16,20H2,1-3H3. The molecule has 186 valence electrons. The van der Waals surface area contributed by atoms with E-state index in [4.69, 9.17) is 4.42 Å². The number of nitrogens with zero attached hydrogens (tertiary/aromatic N) is 3. The van der Waals surface area contributed by atoms with Crippen molar-refractivity contribution in [3.63, 3.8) is 0 Å². The maximum atomic E-state index is 13.1. The zero-order chi connectivity index (χ0) is 24.6. The lowest BCUT2D eigenvalue weighted by molar-refractivity contribution is -0.0276. The molecule has 0 spiro atoms. The van der Waals surface area contributed by atoms with Crippen molar-refractivity contribution in [3.05, 3.63) is 70.5 Å². The molecule has 6 nitrogen and oxygen atoms in total. The SMILES string of the molecule is Cc1ccc(C)c(CN2CCC(O)(c3ccc4oc(C(=O)N5CCCN(C)CC5)cc4c3)CC2)c1. The minimum absolute atomic E-state index is 0.0449. The summed E-state index contributed by atoms with van der Waals surface area (Å²) in [6, 6.07) is 14.3. The van der Waals surface area contributed by atoms with Crippen molar-refractivity contribution in [2.24, 2.45) is 0 Å². The van der Waals surface area contributed by atoms with Gasteiger partial charge in [-0.3, -0.25) is 9.69 Å². The Hall–Kier alpha value is -2.67. The van der Waals surface area contributed by atoms with Gasteiger partial charge in [0.2, 0.25) is 0 Å². The average molecular weight is 476 g/mol. The largest absolute Gasteiger partial charge is 0.451 e. The molecule has 3 aromatic rings. The molecular weight excluding hydrogens is 438 g/mol. The Labute approximate surface area is 208 Å². The third-order valence-corrected chi connectivity index (χ3v) is 7.85. The molecule has 2 aromatic carbocycles. The van der Waals surface area contributed by atoms with Crippen LogP contribution in [-0.4, -0.2) is 72.0 Å². The zero-order valence-corrected chi connectivity index (χ0v) is 21.2. The maximum Gasteiger partial charge on any atom is 0.289 e. The van der Waals surface area contributed by atoms with Crippen LogP contribution in [0.2, 0.25) is 0 Å². The van der Waals surface area contributed by atoms with E-state index in [0.717, 1.165) is 63.2 Å². The summed E-state index contributed by atoms with van der Waals surface area (Å²) < 4.78 is 5.94. The summed E-state index contributed by atoms with van der Waals surface area (Å²) in [4.78, 5) is 19.6. The number of carbonyl (C=O) groups excluding carboxylic acids is 1. The summed E-state index contributed by atoms with van der Waals surface area (Å²) in [5.74, 6) is 0.341. The predicted octanol–water partition coefficient (Wildman–Crippen LogP) is 4.31. The third-order valence-electron chi connectivity index (χ3n) is 7.85. The molecular formula is C29H37N3O3. The highest BCUT2D eigenvalue weighted by atomic mass is 16.3. The van der Waals surface area contributed by atoms with Gasteiger partial charge < -0.3 is 19.3 Å². The quantitative estimate of drug-likeness (QED) is 0.609. The van der Waals surface area contributed by atoms with E-state index in [1.807, 2.05) is 29.2 Å². The van der Waals surface area contributed by atoms with Gasteiger partial charge in [0.25, 0.3) is 5.91 Å². The Balaban J connectivity index is 1.27. The van der Waals surface area contributed by atoms with Crippen molar-refractivity contribution < 1.29 is 14.3 Å². The Morgan fingerprint density at radius 3 is 2.57 bits per heavy atom. The van der Waals surface area contributed by atoms with Gasteiger partial charge in [-0.15, -0.1) is 0 Å². The van der Waals surface area contributed by atoms with Gasteiger partial charge in [-0.2, -0.15) is 0 Å². The van der Waals surface area contributed by atoms with E-state index in [-0.39, 0.29) is 5.91 Å². The number of piperidine rings is 1. The lowest BCUT2D eigenvalue weighted by Crippen LogP contribution is -2.42. The number of benzene rings is 2. The molecule has 5 rings (SSSR count). The number of aryl methyl sites for hydroxylation is 2. The molecule has 2 saturated heterocycles. The second kappa shape index (κ2) is 9.76. The normalized spacial score (nSPS) is 19.7. The number of hydrogen-bond donors (Lipinski definition) is 1. The monoisotopic (exact) mass is 475 g/mol. The molecule has 35 heavy (non-hydrogen) atoms. The highest BCUT2D eigenvalue weighted by molar-refractivity contribution is 5.96. The van der Waals surface area contributed by atoms with Crippen LogP contribution < -0.4 is 0 Å². The van der Waals surface area contributed by atoms with Gasteiger partial charge in [0.15, 0.2) is 5.76 Å². The van der Waals surface area contributed by atoms with E-state index in [2.05, 4.69) is 48.9 Å². The van der Waals surface area contributed by atoms with Gasteiger partial charge in [-0.1, -0.05) is 29.8 Å². The van der Waals surface area contributed by atoms with Gasteiger partial charge in [-0.05, 0) is 81.6 Å². The first kappa shape index (κ1) is 24.0. The summed E-state index contributed by atoms with van der Waals surface area (Å²) in [5.41, 5.74) is 4.72. The third kappa shape index (κ3) is 5.15. The van der Waals surface area contributed by atoms with Crippen LogP contribution in [0.4, 0.5) is 0 Å². The molecule has 0 radical (unpaired) electrons. The first-order chi connectivity index (χ1) is 16.8. The van der Waals surface area contributed by atoms with Crippen LogP contribution in [0.15, 0.2) is 46.9 Å². The molecule has 2 fully saturated rings. The van der Waals surface area contributed by atoms with Gasteiger partial charge in [-0.25, -0.2) is 0 Å². The maximum absolute atomic E-state index is 13.1. The fourth-order valence-corrected chi connectivity index (χ4v) is 5.42. The smallest absolute Gasteiger partial charge is 0.289 e. The summed E-state index contributed by atoms with van der Waals surface area (Å²) in [5, 5.41) is 12.4. The van der Waals surface area contributed by atoms with E-state index in [0.29, 0.717) is 24.2 Å². The number of fused-ring (bicyclic) bond motifs is 1. The van der Waals surface area contributed by atoms with Crippen molar-refractivity contribution in [3.8, 4) is 0 Å². The van der Waals surface area contributed by atoms with Crippen LogP contribution >= 0.6 is 0 Å². The van der Waals surface area contributed by atoms with Gasteiger partial charge >= 0.3 is 0 Å². The Morgan fingerprint density at radius 1 is 0.971 bits per heavy atom. The van der Waals surface area contributed by atoms with Crippen LogP contribution in [0.1, 0.15) is 52.1 Å². The number of hydrogen-bond acceptors (Lipinski definition) is 5. The lowest BCUT2D eigenvalue weighted by Gasteiger charge is -2.38. The summed E-state index contributed by atoms with van der Waals surface area (Å²) in [6.45, 7) is 10.3. The zero-order valence-electron chi connectivity index (χ0n) is 21.2. The molecule has 2 aliphatic heterocycles. The van der Waals surface area contributed by atoms with Crippen molar-refractivity contribution in [2.45, 2.75) is 45.3 Å². The number of likely N-dealkylation sites (N-methyl/N-ethyl adjacent to an activating group) is 1. The Bertz CT molecular complexity index is 1210. The molecule has 1 N–H and O–H groups in total. The summed E-state index contributed by atoms with van der Waals surface area (Å²) in [7, 11) is 2.09. The van der Waals surface area contributed by atoms with Crippen molar-refractivity contribution in [2.75, 3.05) is 46.3 Å². The first-order valence-electron chi connectivity index (χ1n) is 12.8. The molecule has 1 amide bonds. The lowest BCUT2D eigenvalue weighted by atomic mass is 9.84. The van der Waals surface area contributed by atoms with E-state index >= 15 is 0 Å². The van der Waals surface area contributed by atoms with Crippen LogP contribution in [0.25, 0.3) is 11.0 Å². The highest BCUT2D eigenvalue weighted by Gasteiger charge is 2.34. The topological polar surface area (TPSA) is 60.2 Å². The fraction of sp³-hybridized carbons (Fsp3) is 0.483. The minimum Gasteiger partial charge on any atom is -0.451 e. The van der Waals surface area contributed by atoms with E-state index in [1.165, 1.54) is 16.7 Å². The molecule has 2 aliphatic rings. The van der Waals surface area contributed by atoms with Gasteiger partial charge in [0.05, 0.1) is 5.60 Å². The molecule has 1 aromatic heterocycles. The van der Waals surface area contributed by atoms with Crippen LogP contribution in [0.5, 0.6) is 0 Å². The molecule has 3 heterocycles. The van der Waals surface area contributed by atoms with Gasteiger partial charge in [0.1, 0.15) is 5.58 Å². The molecule has 0 bridgehead atoms.